The molecule has 0 aliphatic heterocycles. The Labute approximate surface area is 144 Å². The topological polar surface area (TPSA) is 54.9 Å². The molecule has 9 heteroatoms. The first-order chi connectivity index (χ1) is 11.4. The van der Waals surface area contributed by atoms with Crippen molar-refractivity contribution in [3.05, 3.63) is 23.8 Å². The van der Waals surface area contributed by atoms with E-state index in [4.69, 9.17) is 9.47 Å². The largest absolute Gasteiger partial charge is 0.493 e. The molecule has 0 aromatic heterocycles. The number of aliphatic imine (C=N–C) groups is 1. The van der Waals surface area contributed by atoms with E-state index < -0.39 is 12.8 Å². The van der Waals surface area contributed by atoms with Crippen LogP contribution in [-0.4, -0.2) is 51.5 Å². The van der Waals surface area contributed by atoms with E-state index >= 15 is 0 Å². The molecule has 0 aliphatic carbocycles. The summed E-state index contributed by atoms with van der Waals surface area (Å²) in [6, 6.07) is 4.77. The van der Waals surface area contributed by atoms with Crippen molar-refractivity contribution in [1.29, 1.82) is 0 Å². The third kappa shape index (κ3) is 7.67. The van der Waals surface area contributed by atoms with Crippen LogP contribution in [0.3, 0.4) is 0 Å². The fraction of sp³-hybridized carbons (Fsp3) is 0.533. The average Bonchev–Trinajstić information content (AvgIpc) is 2.55. The molecule has 5 nitrogen and oxygen atoms in total. The number of methoxy groups -OCH3 is 1. The summed E-state index contributed by atoms with van der Waals surface area (Å²) in [4.78, 5) is 4.10. The minimum absolute atomic E-state index is 0.0565. The molecular formula is C15H22F3N3O2S. The van der Waals surface area contributed by atoms with Crippen molar-refractivity contribution in [3.63, 3.8) is 0 Å². The van der Waals surface area contributed by atoms with Crippen LogP contribution in [0.1, 0.15) is 5.56 Å². The number of thioether (sulfide) groups is 1. The van der Waals surface area contributed by atoms with Crippen molar-refractivity contribution in [3.8, 4) is 11.5 Å². The molecule has 0 saturated carbocycles. The van der Waals surface area contributed by atoms with Gasteiger partial charge in [0.1, 0.15) is 0 Å². The summed E-state index contributed by atoms with van der Waals surface area (Å²) in [5.74, 6) is 1.92. The second-order valence-corrected chi connectivity index (χ2v) is 5.72. The van der Waals surface area contributed by atoms with Gasteiger partial charge in [0, 0.05) is 25.9 Å². The van der Waals surface area contributed by atoms with Gasteiger partial charge in [0.2, 0.25) is 0 Å². The number of halogens is 3. The number of hydrogen-bond donors (Lipinski definition) is 2. The van der Waals surface area contributed by atoms with Gasteiger partial charge in [-0.2, -0.15) is 24.9 Å². The van der Waals surface area contributed by atoms with Gasteiger partial charge in [-0.05, 0) is 24.0 Å². The first-order valence-electron chi connectivity index (χ1n) is 7.19. The molecular weight excluding hydrogens is 343 g/mol. The van der Waals surface area contributed by atoms with Gasteiger partial charge >= 0.3 is 6.18 Å². The number of hydrogen-bond acceptors (Lipinski definition) is 4. The zero-order valence-electron chi connectivity index (χ0n) is 13.9. The van der Waals surface area contributed by atoms with Crippen LogP contribution >= 0.6 is 11.8 Å². The van der Waals surface area contributed by atoms with E-state index in [1.165, 1.54) is 13.2 Å². The van der Waals surface area contributed by atoms with Crippen LogP contribution in [0.2, 0.25) is 0 Å². The normalized spacial score (nSPS) is 12.0. The van der Waals surface area contributed by atoms with Crippen molar-refractivity contribution in [2.45, 2.75) is 12.7 Å². The van der Waals surface area contributed by atoms with Crippen LogP contribution in [0.5, 0.6) is 11.5 Å². The second-order valence-electron chi connectivity index (χ2n) is 4.73. The van der Waals surface area contributed by atoms with Gasteiger partial charge in [-0.3, -0.25) is 4.99 Å². The maximum absolute atomic E-state index is 12.2. The predicted molar refractivity (Wildman–Crippen MR) is 91.1 cm³/mol. The molecule has 0 spiro atoms. The van der Waals surface area contributed by atoms with Gasteiger partial charge in [-0.15, -0.1) is 0 Å². The van der Waals surface area contributed by atoms with Crippen LogP contribution in [-0.2, 0) is 6.54 Å². The van der Waals surface area contributed by atoms with Gasteiger partial charge < -0.3 is 20.1 Å². The Hall–Kier alpha value is -1.77. The van der Waals surface area contributed by atoms with Gasteiger partial charge in [-0.1, -0.05) is 6.07 Å². The number of benzene rings is 1. The zero-order chi connectivity index (χ0) is 18.0. The monoisotopic (exact) mass is 365 g/mol. The lowest BCUT2D eigenvalue weighted by Gasteiger charge is -2.15. The van der Waals surface area contributed by atoms with Crippen molar-refractivity contribution in [2.75, 3.05) is 39.3 Å². The summed E-state index contributed by atoms with van der Waals surface area (Å²) in [6.45, 7) is -0.115. The maximum atomic E-state index is 12.2. The molecule has 0 bridgehead atoms. The summed E-state index contributed by atoms with van der Waals surface area (Å²) in [7, 11) is 3.05. The lowest BCUT2D eigenvalue weighted by atomic mass is 10.2. The quantitative estimate of drug-likeness (QED) is 0.421. The van der Waals surface area contributed by atoms with Crippen LogP contribution in [0.15, 0.2) is 23.2 Å². The molecule has 0 heterocycles. The number of nitrogens with one attached hydrogen (secondary N) is 2. The van der Waals surface area contributed by atoms with Gasteiger partial charge in [-0.25, -0.2) is 0 Å². The minimum atomic E-state index is -4.39. The smallest absolute Gasteiger partial charge is 0.422 e. The highest BCUT2D eigenvalue weighted by Crippen LogP contribution is 2.29. The molecule has 0 saturated heterocycles. The van der Waals surface area contributed by atoms with Gasteiger partial charge in [0.15, 0.2) is 24.1 Å². The Bertz CT molecular complexity index is 539. The lowest BCUT2D eigenvalue weighted by Crippen LogP contribution is -2.37. The number of rotatable bonds is 8. The van der Waals surface area contributed by atoms with Crippen molar-refractivity contribution in [2.24, 2.45) is 4.99 Å². The lowest BCUT2D eigenvalue weighted by molar-refractivity contribution is -0.153. The summed E-state index contributed by atoms with van der Waals surface area (Å²) >= 11 is 1.73. The molecule has 0 unspecified atom stereocenters. The number of guanidine groups is 1. The van der Waals surface area contributed by atoms with E-state index in [1.54, 1.807) is 30.9 Å². The SMILES string of the molecule is CN=C(NCCSC)NCc1ccc(OCC(F)(F)F)c(OC)c1. The number of alkyl halides is 3. The second kappa shape index (κ2) is 10.2. The highest BCUT2D eigenvalue weighted by molar-refractivity contribution is 7.98. The molecule has 2 N–H and O–H groups in total. The van der Waals surface area contributed by atoms with Crippen molar-refractivity contribution < 1.29 is 22.6 Å². The fourth-order valence-corrected chi connectivity index (χ4v) is 2.08. The van der Waals surface area contributed by atoms with E-state index in [2.05, 4.69) is 15.6 Å². The van der Waals surface area contributed by atoms with E-state index in [1.807, 2.05) is 6.26 Å². The first-order valence-corrected chi connectivity index (χ1v) is 8.59. The van der Waals surface area contributed by atoms with Gasteiger partial charge in [0.05, 0.1) is 7.11 Å². The Balaban J connectivity index is 2.63. The van der Waals surface area contributed by atoms with Crippen LogP contribution in [0, 0.1) is 0 Å². The highest BCUT2D eigenvalue weighted by atomic mass is 32.2. The highest BCUT2D eigenvalue weighted by Gasteiger charge is 2.29. The Morgan fingerprint density at radius 3 is 2.58 bits per heavy atom. The summed E-state index contributed by atoms with van der Waals surface area (Å²) in [5.41, 5.74) is 0.832. The van der Waals surface area contributed by atoms with Crippen molar-refractivity contribution in [1.82, 2.24) is 10.6 Å². The standard InChI is InChI=1S/C15H22F3N3O2S/c1-19-14(20-6-7-24-3)21-9-11-4-5-12(13(8-11)22-2)23-10-15(16,17)18/h4-5,8H,6-7,9-10H2,1-3H3,(H2,19,20,21). The number of nitrogens with zero attached hydrogens (tertiary/aromatic N) is 1. The predicted octanol–water partition coefficient (Wildman–Crippen LogP) is 2.66. The Kier molecular flexibility index (Phi) is 8.59. The third-order valence-corrected chi connectivity index (χ3v) is 3.51. The molecule has 0 amide bonds. The summed E-state index contributed by atoms with van der Waals surface area (Å²) in [6.07, 6.45) is -2.37. The molecule has 0 radical (unpaired) electrons. The number of ether oxygens (including phenoxy) is 2. The van der Waals surface area contributed by atoms with Crippen LogP contribution in [0.25, 0.3) is 0 Å². The Morgan fingerprint density at radius 1 is 1.25 bits per heavy atom. The maximum Gasteiger partial charge on any atom is 0.422 e. The molecule has 0 fully saturated rings. The van der Waals surface area contributed by atoms with E-state index in [9.17, 15) is 13.2 Å². The molecule has 0 aliphatic rings. The van der Waals surface area contributed by atoms with Crippen LogP contribution in [0.4, 0.5) is 13.2 Å². The third-order valence-electron chi connectivity index (χ3n) is 2.90. The molecule has 1 rings (SSSR count). The molecule has 0 atom stereocenters. The van der Waals surface area contributed by atoms with Crippen molar-refractivity contribution >= 4 is 17.7 Å². The summed E-state index contributed by atoms with van der Waals surface area (Å²) in [5, 5.41) is 6.28. The van der Waals surface area contributed by atoms with E-state index in [0.717, 1.165) is 17.9 Å². The van der Waals surface area contributed by atoms with E-state index in [-0.39, 0.29) is 11.5 Å². The minimum Gasteiger partial charge on any atom is -0.493 e. The average molecular weight is 365 g/mol. The Morgan fingerprint density at radius 2 is 2.00 bits per heavy atom. The molecule has 136 valence electrons. The van der Waals surface area contributed by atoms with Gasteiger partial charge in [0.25, 0.3) is 0 Å². The van der Waals surface area contributed by atoms with Crippen LogP contribution < -0.4 is 20.1 Å². The zero-order valence-corrected chi connectivity index (χ0v) is 14.7. The molecule has 24 heavy (non-hydrogen) atoms. The molecule has 1 aromatic carbocycles. The summed E-state index contributed by atoms with van der Waals surface area (Å²) < 4.78 is 46.6. The first kappa shape index (κ1) is 20.3. The fourth-order valence-electron chi connectivity index (χ4n) is 1.78. The molecule has 1 aromatic rings. The van der Waals surface area contributed by atoms with E-state index in [0.29, 0.717) is 12.5 Å².